The molecule has 0 spiro atoms. The molecule has 0 saturated carbocycles. The van der Waals surface area contributed by atoms with Crippen molar-refractivity contribution in [3.8, 4) is 5.75 Å². The molecule has 2 N–H and O–H groups in total. The fraction of sp³-hybridized carbons (Fsp3) is 0.600. The van der Waals surface area contributed by atoms with Crippen LogP contribution in [0.25, 0.3) is 0 Å². The predicted octanol–water partition coefficient (Wildman–Crippen LogP) is 1.12. The molecule has 1 aliphatic heterocycles. The highest BCUT2D eigenvalue weighted by Crippen LogP contribution is 2.19. The summed E-state index contributed by atoms with van der Waals surface area (Å²) in [6, 6.07) is 7.37. The first-order valence-corrected chi connectivity index (χ1v) is 6.95. The van der Waals surface area contributed by atoms with Crippen LogP contribution < -0.4 is 10.1 Å². The highest BCUT2D eigenvalue weighted by molar-refractivity contribution is 5.29. The maximum Gasteiger partial charge on any atom is 0.119 e. The van der Waals surface area contributed by atoms with Crippen molar-refractivity contribution in [1.29, 1.82) is 0 Å². The van der Waals surface area contributed by atoms with Gasteiger partial charge in [0, 0.05) is 13.1 Å². The third kappa shape index (κ3) is 4.45. The summed E-state index contributed by atoms with van der Waals surface area (Å²) in [4.78, 5) is 0. The van der Waals surface area contributed by atoms with E-state index in [1.807, 2.05) is 31.2 Å². The Morgan fingerprint density at radius 2 is 2.30 bits per heavy atom. The van der Waals surface area contributed by atoms with Crippen molar-refractivity contribution in [2.75, 3.05) is 33.4 Å². The van der Waals surface area contributed by atoms with E-state index in [2.05, 4.69) is 5.32 Å². The minimum Gasteiger partial charge on any atom is -0.497 e. The lowest BCUT2D eigenvalue weighted by molar-refractivity contribution is -0.0795. The van der Waals surface area contributed by atoms with Crippen molar-refractivity contribution in [3.63, 3.8) is 0 Å². The molecule has 1 aliphatic rings. The second-order valence-corrected chi connectivity index (χ2v) is 5.06. The summed E-state index contributed by atoms with van der Waals surface area (Å²) in [5.41, 5.74) is 0.792. The number of benzene rings is 1. The molecule has 0 aromatic heterocycles. The van der Waals surface area contributed by atoms with Crippen molar-refractivity contribution in [2.24, 2.45) is 0 Å². The summed E-state index contributed by atoms with van der Waals surface area (Å²) in [6.45, 7) is 4.44. The zero-order valence-electron chi connectivity index (χ0n) is 12.0. The van der Waals surface area contributed by atoms with Crippen LogP contribution in [0.4, 0.5) is 0 Å². The van der Waals surface area contributed by atoms with Crippen LogP contribution in [-0.4, -0.2) is 50.7 Å². The number of ether oxygens (including phenoxy) is 3. The molecule has 1 fully saturated rings. The number of hydrogen-bond acceptors (Lipinski definition) is 5. The van der Waals surface area contributed by atoms with E-state index in [-0.39, 0.29) is 18.8 Å². The molecular weight excluding hydrogens is 258 g/mol. The number of aliphatic hydroxyl groups excluding tert-OH is 1. The topological polar surface area (TPSA) is 60.0 Å². The first-order valence-electron chi connectivity index (χ1n) is 6.95. The van der Waals surface area contributed by atoms with Gasteiger partial charge in [0.2, 0.25) is 0 Å². The van der Waals surface area contributed by atoms with E-state index in [1.54, 1.807) is 7.11 Å². The smallest absolute Gasteiger partial charge is 0.119 e. The molecule has 3 atom stereocenters. The van der Waals surface area contributed by atoms with Gasteiger partial charge in [-0.05, 0) is 24.6 Å². The van der Waals surface area contributed by atoms with Gasteiger partial charge < -0.3 is 24.6 Å². The van der Waals surface area contributed by atoms with Gasteiger partial charge in [0.25, 0.3) is 0 Å². The second-order valence-electron chi connectivity index (χ2n) is 5.06. The van der Waals surface area contributed by atoms with E-state index in [9.17, 15) is 5.11 Å². The Balaban J connectivity index is 1.75. The molecule has 0 aliphatic carbocycles. The zero-order valence-corrected chi connectivity index (χ0v) is 12.0. The van der Waals surface area contributed by atoms with Gasteiger partial charge in [-0.1, -0.05) is 12.1 Å². The van der Waals surface area contributed by atoms with Crippen molar-refractivity contribution < 1.29 is 19.3 Å². The highest BCUT2D eigenvalue weighted by Gasteiger charge is 2.19. The van der Waals surface area contributed by atoms with E-state index in [1.165, 1.54) is 0 Å². The first kappa shape index (κ1) is 15.3. The summed E-state index contributed by atoms with van der Waals surface area (Å²) >= 11 is 0. The SMILES string of the molecule is COc1cccc(C(O)COCC2CNCC(C)O2)c1. The van der Waals surface area contributed by atoms with Crippen LogP contribution >= 0.6 is 0 Å². The fourth-order valence-corrected chi connectivity index (χ4v) is 2.23. The molecule has 0 amide bonds. The standard InChI is InChI=1S/C15H23NO4/c1-11-7-16-8-14(20-11)9-19-10-15(17)12-4-3-5-13(6-12)18-2/h3-6,11,14-17H,7-10H2,1-2H3. The monoisotopic (exact) mass is 281 g/mol. The molecule has 1 saturated heterocycles. The van der Waals surface area contributed by atoms with E-state index in [0.29, 0.717) is 6.61 Å². The van der Waals surface area contributed by atoms with E-state index >= 15 is 0 Å². The van der Waals surface area contributed by atoms with Gasteiger partial charge in [0.1, 0.15) is 11.9 Å². The van der Waals surface area contributed by atoms with Gasteiger partial charge in [0.05, 0.1) is 32.5 Å². The number of morpholine rings is 1. The average Bonchev–Trinajstić information content (AvgIpc) is 2.47. The maximum atomic E-state index is 10.1. The number of hydrogen-bond donors (Lipinski definition) is 2. The van der Waals surface area contributed by atoms with Crippen LogP contribution in [0.1, 0.15) is 18.6 Å². The second kappa shape index (κ2) is 7.59. The summed E-state index contributed by atoms with van der Waals surface area (Å²) < 4.78 is 16.4. The van der Waals surface area contributed by atoms with E-state index < -0.39 is 6.10 Å². The van der Waals surface area contributed by atoms with E-state index in [0.717, 1.165) is 24.4 Å². The number of rotatable bonds is 6. The fourth-order valence-electron chi connectivity index (χ4n) is 2.23. The van der Waals surface area contributed by atoms with Crippen molar-refractivity contribution in [1.82, 2.24) is 5.32 Å². The van der Waals surface area contributed by atoms with Crippen molar-refractivity contribution in [3.05, 3.63) is 29.8 Å². The molecule has 20 heavy (non-hydrogen) atoms. The van der Waals surface area contributed by atoms with Gasteiger partial charge in [-0.15, -0.1) is 0 Å². The average molecular weight is 281 g/mol. The molecule has 1 aromatic carbocycles. The molecule has 112 valence electrons. The van der Waals surface area contributed by atoms with Crippen LogP contribution in [0.5, 0.6) is 5.75 Å². The summed E-state index contributed by atoms with van der Waals surface area (Å²) in [5.74, 6) is 0.732. The molecule has 1 aromatic rings. The van der Waals surface area contributed by atoms with Gasteiger partial charge in [-0.3, -0.25) is 0 Å². The van der Waals surface area contributed by atoms with Crippen LogP contribution in [0.2, 0.25) is 0 Å². The third-order valence-electron chi connectivity index (χ3n) is 3.29. The lowest BCUT2D eigenvalue weighted by Gasteiger charge is -2.28. The van der Waals surface area contributed by atoms with Crippen molar-refractivity contribution in [2.45, 2.75) is 25.2 Å². The molecular formula is C15H23NO4. The molecule has 1 heterocycles. The normalized spacial score (nSPS) is 24.4. The number of nitrogens with one attached hydrogen (secondary N) is 1. The molecule has 0 radical (unpaired) electrons. The van der Waals surface area contributed by atoms with Crippen LogP contribution in [0.15, 0.2) is 24.3 Å². The Labute approximate surface area is 119 Å². The minimum atomic E-state index is -0.654. The lowest BCUT2D eigenvalue weighted by atomic mass is 10.1. The molecule has 3 unspecified atom stereocenters. The van der Waals surface area contributed by atoms with Crippen LogP contribution in [0, 0.1) is 0 Å². The quantitative estimate of drug-likeness (QED) is 0.818. The third-order valence-corrected chi connectivity index (χ3v) is 3.29. The number of methoxy groups -OCH3 is 1. The first-order chi connectivity index (χ1) is 9.69. The molecule has 5 heteroatoms. The maximum absolute atomic E-state index is 10.1. The molecule has 5 nitrogen and oxygen atoms in total. The predicted molar refractivity (Wildman–Crippen MR) is 76.0 cm³/mol. The van der Waals surface area contributed by atoms with Crippen LogP contribution in [0.3, 0.4) is 0 Å². The van der Waals surface area contributed by atoms with Crippen molar-refractivity contribution >= 4 is 0 Å². The van der Waals surface area contributed by atoms with E-state index in [4.69, 9.17) is 14.2 Å². The Bertz CT molecular complexity index is 413. The summed E-state index contributed by atoms with van der Waals surface area (Å²) in [6.07, 6.45) is -0.393. The number of aliphatic hydroxyl groups is 1. The Kier molecular flexibility index (Phi) is 5.79. The zero-order chi connectivity index (χ0) is 14.4. The lowest BCUT2D eigenvalue weighted by Crippen LogP contribution is -2.45. The Morgan fingerprint density at radius 3 is 3.05 bits per heavy atom. The van der Waals surface area contributed by atoms with Gasteiger partial charge >= 0.3 is 0 Å². The van der Waals surface area contributed by atoms with Crippen LogP contribution in [-0.2, 0) is 9.47 Å². The minimum absolute atomic E-state index is 0.0521. The Hall–Kier alpha value is -1.14. The Morgan fingerprint density at radius 1 is 1.45 bits per heavy atom. The summed E-state index contributed by atoms with van der Waals surface area (Å²) in [7, 11) is 1.61. The highest BCUT2D eigenvalue weighted by atomic mass is 16.5. The van der Waals surface area contributed by atoms with Gasteiger partial charge in [0.15, 0.2) is 0 Å². The summed E-state index contributed by atoms with van der Waals surface area (Å²) in [5, 5.41) is 13.4. The van der Waals surface area contributed by atoms with Gasteiger partial charge in [-0.25, -0.2) is 0 Å². The largest absolute Gasteiger partial charge is 0.497 e. The molecule has 2 rings (SSSR count). The van der Waals surface area contributed by atoms with Gasteiger partial charge in [-0.2, -0.15) is 0 Å². The molecule has 0 bridgehead atoms.